The van der Waals surface area contributed by atoms with Crippen molar-refractivity contribution >= 4 is 23.4 Å². The molecule has 0 unspecified atom stereocenters. The van der Waals surface area contributed by atoms with Crippen LogP contribution in [0, 0.1) is 5.82 Å². The topological polar surface area (TPSA) is 85.6 Å². The molecule has 9 heteroatoms. The van der Waals surface area contributed by atoms with Gasteiger partial charge in [-0.1, -0.05) is 65.5 Å². The zero-order valence-corrected chi connectivity index (χ0v) is 19.2. The van der Waals surface area contributed by atoms with Gasteiger partial charge in [0.25, 0.3) is 5.91 Å². The van der Waals surface area contributed by atoms with Gasteiger partial charge < -0.3 is 5.32 Å². The second-order valence-electron chi connectivity index (χ2n) is 7.46. The molecule has 2 heterocycles. The Morgan fingerprint density at radius 2 is 1.60 bits per heavy atom. The van der Waals surface area contributed by atoms with E-state index < -0.39 is 5.91 Å². The Balaban J connectivity index is 1.48. The minimum absolute atomic E-state index is 0.167. The zero-order chi connectivity index (χ0) is 24.0. The number of hydrogen-bond donors (Lipinski definition) is 1. The van der Waals surface area contributed by atoms with Gasteiger partial charge in [-0.05, 0) is 42.0 Å². The Hall–Kier alpha value is -4.37. The summed E-state index contributed by atoms with van der Waals surface area (Å²) in [5, 5.41) is 11.9. The van der Waals surface area contributed by atoms with Crippen LogP contribution < -0.4 is 5.32 Å². The number of amides is 1. The molecule has 5 aromatic rings. The monoisotopic (exact) mass is 482 g/mol. The third-order valence-electron chi connectivity index (χ3n) is 5.19. The fourth-order valence-electron chi connectivity index (χ4n) is 3.53. The number of hydrogen-bond acceptors (Lipinski definition) is 6. The van der Waals surface area contributed by atoms with Crippen LogP contribution in [0.5, 0.6) is 0 Å². The van der Waals surface area contributed by atoms with Crippen LogP contribution in [0.2, 0.25) is 0 Å². The van der Waals surface area contributed by atoms with E-state index in [4.69, 9.17) is 0 Å². The first-order valence-electron chi connectivity index (χ1n) is 10.7. The number of nitrogens with zero attached hydrogens (tertiary/aromatic N) is 5. The highest BCUT2D eigenvalue weighted by Gasteiger charge is 2.22. The maximum atomic E-state index is 13.5. The molecule has 0 saturated carbocycles. The number of anilines is 1. The van der Waals surface area contributed by atoms with E-state index in [1.54, 1.807) is 30.6 Å². The second kappa shape index (κ2) is 10.3. The van der Waals surface area contributed by atoms with Crippen molar-refractivity contribution in [3.63, 3.8) is 0 Å². The standard InChI is InChI=1S/C26H19FN6OS/c27-19-11-13-20(14-12-19)33-23(17-35-26-28-15-6-16-29-26)24(31-32-33)25(34)30-22-10-5-4-9-21(22)18-7-2-1-3-8-18/h1-16H,17H2,(H,30,34). The quantitative estimate of drug-likeness (QED) is 0.247. The van der Waals surface area contributed by atoms with Crippen LogP contribution in [0.15, 0.2) is 102 Å². The molecule has 2 aromatic heterocycles. The van der Waals surface area contributed by atoms with E-state index in [1.807, 2.05) is 54.6 Å². The number of carbonyl (C=O) groups is 1. The number of carbonyl (C=O) groups excluding carboxylic acids is 1. The molecule has 1 N–H and O–H groups in total. The van der Waals surface area contributed by atoms with E-state index in [0.29, 0.717) is 28.0 Å². The molecule has 7 nitrogen and oxygen atoms in total. The fourth-order valence-corrected chi connectivity index (χ4v) is 4.33. The smallest absolute Gasteiger partial charge is 0.278 e. The molecule has 0 saturated heterocycles. The maximum Gasteiger partial charge on any atom is 0.278 e. The lowest BCUT2D eigenvalue weighted by atomic mass is 10.0. The molecule has 0 spiro atoms. The van der Waals surface area contributed by atoms with E-state index in [-0.39, 0.29) is 11.5 Å². The summed E-state index contributed by atoms with van der Waals surface area (Å²) in [4.78, 5) is 21.9. The Labute approximate surface area is 205 Å². The van der Waals surface area contributed by atoms with Gasteiger partial charge in [-0.25, -0.2) is 19.0 Å². The van der Waals surface area contributed by atoms with Crippen LogP contribution in [0.1, 0.15) is 16.2 Å². The summed E-state index contributed by atoms with van der Waals surface area (Å²) in [6.07, 6.45) is 3.30. The number of halogens is 1. The molecule has 172 valence electrons. The molecule has 0 aliphatic rings. The van der Waals surface area contributed by atoms with Crippen LogP contribution in [-0.2, 0) is 5.75 Å². The normalized spacial score (nSPS) is 10.8. The Morgan fingerprint density at radius 1 is 0.886 bits per heavy atom. The molecule has 0 aliphatic heterocycles. The van der Waals surface area contributed by atoms with Gasteiger partial charge in [0.15, 0.2) is 10.9 Å². The zero-order valence-electron chi connectivity index (χ0n) is 18.4. The van der Waals surface area contributed by atoms with Gasteiger partial charge in [-0.15, -0.1) is 5.10 Å². The number of para-hydroxylation sites is 1. The minimum Gasteiger partial charge on any atom is -0.320 e. The summed E-state index contributed by atoms with van der Waals surface area (Å²) in [7, 11) is 0. The molecule has 3 aromatic carbocycles. The van der Waals surface area contributed by atoms with Crippen molar-refractivity contribution in [3.05, 3.63) is 115 Å². The van der Waals surface area contributed by atoms with E-state index in [9.17, 15) is 9.18 Å². The van der Waals surface area contributed by atoms with Crippen molar-refractivity contribution in [3.8, 4) is 16.8 Å². The molecule has 5 rings (SSSR count). The summed E-state index contributed by atoms with van der Waals surface area (Å²) < 4.78 is 15.0. The third-order valence-corrected chi connectivity index (χ3v) is 6.08. The van der Waals surface area contributed by atoms with Gasteiger partial charge in [0.2, 0.25) is 0 Å². The number of benzene rings is 3. The summed E-state index contributed by atoms with van der Waals surface area (Å²) in [6, 6.07) is 25.0. The Kier molecular flexibility index (Phi) is 6.58. The van der Waals surface area contributed by atoms with Crippen LogP contribution >= 0.6 is 11.8 Å². The summed E-state index contributed by atoms with van der Waals surface area (Å²) in [6.45, 7) is 0. The molecule has 35 heavy (non-hydrogen) atoms. The predicted octanol–water partition coefficient (Wildman–Crippen LogP) is 5.41. The number of nitrogens with one attached hydrogen (secondary N) is 1. The average molecular weight is 483 g/mol. The van der Waals surface area contributed by atoms with Gasteiger partial charge in [0.1, 0.15) is 5.82 Å². The Morgan fingerprint density at radius 3 is 2.37 bits per heavy atom. The molecule has 0 atom stereocenters. The van der Waals surface area contributed by atoms with E-state index >= 15 is 0 Å². The van der Waals surface area contributed by atoms with Crippen LogP contribution in [-0.4, -0.2) is 30.9 Å². The molecule has 0 bridgehead atoms. The Bertz CT molecular complexity index is 1440. The maximum absolute atomic E-state index is 13.5. The first-order chi connectivity index (χ1) is 17.2. The van der Waals surface area contributed by atoms with Gasteiger partial charge in [0.05, 0.1) is 11.4 Å². The summed E-state index contributed by atoms with van der Waals surface area (Å²) in [5.74, 6) is -0.429. The van der Waals surface area contributed by atoms with Crippen molar-refractivity contribution in [2.24, 2.45) is 0 Å². The number of thioether (sulfide) groups is 1. The largest absolute Gasteiger partial charge is 0.320 e. The lowest BCUT2D eigenvalue weighted by Crippen LogP contribution is -2.16. The van der Waals surface area contributed by atoms with Gasteiger partial charge in [-0.3, -0.25) is 4.79 Å². The van der Waals surface area contributed by atoms with E-state index in [2.05, 4.69) is 25.6 Å². The van der Waals surface area contributed by atoms with Crippen LogP contribution in [0.4, 0.5) is 10.1 Å². The SMILES string of the molecule is O=C(Nc1ccccc1-c1ccccc1)c1nnn(-c2ccc(F)cc2)c1CSc1ncccn1. The predicted molar refractivity (Wildman–Crippen MR) is 133 cm³/mol. The summed E-state index contributed by atoms with van der Waals surface area (Å²) in [5.41, 5.74) is 3.83. The van der Waals surface area contributed by atoms with Crippen LogP contribution in [0.25, 0.3) is 16.8 Å². The van der Waals surface area contributed by atoms with Crippen molar-refractivity contribution in [1.29, 1.82) is 0 Å². The summed E-state index contributed by atoms with van der Waals surface area (Å²) >= 11 is 1.35. The number of rotatable bonds is 7. The van der Waals surface area contributed by atoms with Crippen molar-refractivity contribution in [2.75, 3.05) is 5.32 Å². The molecule has 0 radical (unpaired) electrons. The lowest BCUT2D eigenvalue weighted by molar-refractivity contribution is 0.102. The van der Waals surface area contributed by atoms with E-state index in [0.717, 1.165) is 11.1 Å². The molecule has 0 aliphatic carbocycles. The molecular formula is C26H19FN6OS. The van der Waals surface area contributed by atoms with Gasteiger partial charge in [0, 0.05) is 29.4 Å². The lowest BCUT2D eigenvalue weighted by Gasteiger charge is -2.12. The first kappa shape index (κ1) is 22.4. The van der Waals surface area contributed by atoms with Gasteiger partial charge in [-0.2, -0.15) is 0 Å². The first-order valence-corrected chi connectivity index (χ1v) is 11.7. The van der Waals surface area contributed by atoms with E-state index in [1.165, 1.54) is 28.6 Å². The second-order valence-corrected chi connectivity index (χ2v) is 8.40. The van der Waals surface area contributed by atoms with Crippen molar-refractivity contribution < 1.29 is 9.18 Å². The highest BCUT2D eigenvalue weighted by atomic mass is 32.2. The molecule has 0 fully saturated rings. The highest BCUT2D eigenvalue weighted by molar-refractivity contribution is 7.98. The third kappa shape index (κ3) is 5.10. The molecule has 1 amide bonds. The van der Waals surface area contributed by atoms with Crippen molar-refractivity contribution in [1.82, 2.24) is 25.0 Å². The van der Waals surface area contributed by atoms with Gasteiger partial charge >= 0.3 is 0 Å². The highest BCUT2D eigenvalue weighted by Crippen LogP contribution is 2.29. The fraction of sp³-hybridized carbons (Fsp3) is 0.0385. The van der Waals surface area contributed by atoms with Crippen molar-refractivity contribution in [2.45, 2.75) is 10.9 Å². The minimum atomic E-state index is -0.397. The average Bonchev–Trinajstić information content (AvgIpc) is 3.33. The molecular weight excluding hydrogens is 463 g/mol. The number of aromatic nitrogens is 5. The van der Waals surface area contributed by atoms with Crippen LogP contribution in [0.3, 0.4) is 0 Å².